The predicted octanol–water partition coefficient (Wildman–Crippen LogP) is 6.75. The second-order valence-corrected chi connectivity index (χ2v) is 12.9. The number of fused-ring (bicyclic) bond motifs is 1. The highest BCUT2D eigenvalue weighted by molar-refractivity contribution is 7.98. The Morgan fingerprint density at radius 3 is 2.47 bits per heavy atom. The molecule has 0 aliphatic heterocycles. The molecule has 0 saturated heterocycles. The molecule has 0 atom stereocenters. The van der Waals surface area contributed by atoms with Gasteiger partial charge >= 0.3 is 5.97 Å². The number of esters is 1. The van der Waals surface area contributed by atoms with E-state index < -0.39 is 21.6 Å². The van der Waals surface area contributed by atoms with Gasteiger partial charge in [0.15, 0.2) is 6.61 Å². The van der Waals surface area contributed by atoms with E-state index in [1.54, 1.807) is 23.9 Å². The molecule has 0 saturated carbocycles. The molecule has 0 unspecified atom stereocenters. The summed E-state index contributed by atoms with van der Waals surface area (Å²) in [4.78, 5) is 13.6. The fraction of sp³-hybridized carbons (Fsp3) is 0.367. The molecule has 0 amide bonds. The number of hydrogen-bond donors (Lipinski definition) is 1. The van der Waals surface area contributed by atoms with Crippen LogP contribution in [0.3, 0.4) is 0 Å². The van der Waals surface area contributed by atoms with Crippen molar-refractivity contribution in [2.75, 3.05) is 12.9 Å². The van der Waals surface area contributed by atoms with Crippen LogP contribution in [0.15, 0.2) is 93.1 Å². The van der Waals surface area contributed by atoms with Crippen LogP contribution in [0.2, 0.25) is 0 Å². The number of thioether (sulfide) groups is 1. The number of carbonyl (C=O) groups is 1. The first-order chi connectivity index (χ1) is 18.1. The number of rotatable bonds is 8. The maximum absolute atomic E-state index is 13.4. The third-order valence-corrected chi connectivity index (χ3v) is 8.42. The number of sulfonamides is 1. The van der Waals surface area contributed by atoms with Crippen LogP contribution in [0.25, 0.3) is 11.1 Å². The largest absolute Gasteiger partial charge is 0.486 e. The Balaban J connectivity index is 1.55. The minimum atomic E-state index is -3.79. The van der Waals surface area contributed by atoms with Crippen molar-refractivity contribution in [1.82, 2.24) is 4.72 Å². The van der Waals surface area contributed by atoms with Crippen molar-refractivity contribution in [2.45, 2.75) is 68.3 Å². The van der Waals surface area contributed by atoms with Crippen LogP contribution in [0.1, 0.15) is 52.9 Å². The van der Waals surface area contributed by atoms with Crippen molar-refractivity contribution in [1.29, 1.82) is 0 Å². The van der Waals surface area contributed by atoms with E-state index in [4.69, 9.17) is 9.47 Å². The molecule has 0 bridgehead atoms. The van der Waals surface area contributed by atoms with Crippen molar-refractivity contribution < 1.29 is 22.7 Å². The molecular weight excluding hydrogens is 518 g/mol. The van der Waals surface area contributed by atoms with E-state index in [-0.39, 0.29) is 11.5 Å². The molecule has 2 aromatic carbocycles. The Bertz CT molecular complexity index is 1380. The highest BCUT2D eigenvalue weighted by Crippen LogP contribution is 2.36. The zero-order valence-corrected chi connectivity index (χ0v) is 24.0. The molecule has 0 fully saturated rings. The van der Waals surface area contributed by atoms with Crippen LogP contribution >= 0.6 is 11.8 Å². The Labute approximate surface area is 230 Å². The van der Waals surface area contributed by atoms with Gasteiger partial charge in [0.25, 0.3) is 10.0 Å². The average Bonchev–Trinajstić information content (AvgIpc) is 3.09. The summed E-state index contributed by atoms with van der Waals surface area (Å²) in [5.41, 5.74) is 3.87. The summed E-state index contributed by atoms with van der Waals surface area (Å²) in [6, 6.07) is 15.1. The first kappa shape index (κ1) is 28.0. The summed E-state index contributed by atoms with van der Waals surface area (Å²) in [6.07, 6.45) is 9.62. The third kappa shape index (κ3) is 7.11. The van der Waals surface area contributed by atoms with Gasteiger partial charge in [-0.3, -0.25) is 4.72 Å². The van der Waals surface area contributed by atoms with Crippen LogP contribution in [0.5, 0.6) is 0 Å². The van der Waals surface area contributed by atoms with Gasteiger partial charge in [0.2, 0.25) is 0 Å². The lowest BCUT2D eigenvalue weighted by Crippen LogP contribution is -2.27. The highest BCUT2D eigenvalue weighted by atomic mass is 32.2. The second kappa shape index (κ2) is 11.8. The summed E-state index contributed by atoms with van der Waals surface area (Å²) in [5.74, 6) is 0.271. The van der Waals surface area contributed by atoms with Crippen molar-refractivity contribution in [3.05, 3.63) is 83.3 Å². The van der Waals surface area contributed by atoms with Gasteiger partial charge in [0, 0.05) is 22.6 Å². The van der Waals surface area contributed by atoms with Gasteiger partial charge in [-0.2, -0.15) is 0 Å². The van der Waals surface area contributed by atoms with Crippen molar-refractivity contribution in [3.63, 3.8) is 0 Å². The van der Waals surface area contributed by atoms with Gasteiger partial charge in [-0.05, 0) is 93.7 Å². The van der Waals surface area contributed by atoms with E-state index in [1.165, 1.54) is 0 Å². The Morgan fingerprint density at radius 2 is 1.76 bits per heavy atom. The van der Waals surface area contributed by atoms with Crippen LogP contribution < -0.4 is 4.72 Å². The summed E-state index contributed by atoms with van der Waals surface area (Å²) >= 11 is 1.67. The fourth-order valence-electron chi connectivity index (χ4n) is 4.57. The molecule has 2 aromatic rings. The molecule has 2 aliphatic carbocycles. The molecule has 0 spiro atoms. The molecule has 38 heavy (non-hydrogen) atoms. The number of nitrogens with one attached hydrogen (secondary N) is 1. The lowest BCUT2D eigenvalue weighted by atomic mass is 9.94. The van der Waals surface area contributed by atoms with Gasteiger partial charge in [0.1, 0.15) is 11.4 Å². The van der Waals surface area contributed by atoms with Crippen LogP contribution in [-0.4, -0.2) is 32.9 Å². The van der Waals surface area contributed by atoms with Crippen molar-refractivity contribution in [3.8, 4) is 11.1 Å². The summed E-state index contributed by atoms with van der Waals surface area (Å²) in [6.45, 7) is 5.27. The van der Waals surface area contributed by atoms with Crippen molar-refractivity contribution >= 4 is 27.8 Å². The Kier molecular flexibility index (Phi) is 8.73. The molecule has 2 aliphatic rings. The molecule has 0 aromatic heterocycles. The molecule has 0 radical (unpaired) electrons. The van der Waals surface area contributed by atoms with E-state index in [0.717, 1.165) is 46.4 Å². The number of benzene rings is 2. The first-order valence-electron chi connectivity index (χ1n) is 12.8. The zero-order valence-electron chi connectivity index (χ0n) is 22.4. The van der Waals surface area contributed by atoms with Gasteiger partial charge in [0.05, 0.1) is 4.90 Å². The highest BCUT2D eigenvalue weighted by Gasteiger charge is 2.25. The lowest BCUT2D eigenvalue weighted by Gasteiger charge is -2.23. The van der Waals surface area contributed by atoms with Crippen LogP contribution in [0, 0.1) is 0 Å². The quantitative estimate of drug-likeness (QED) is 0.288. The smallest absolute Gasteiger partial charge is 0.344 e. The Hall–Kier alpha value is -2.97. The van der Waals surface area contributed by atoms with Gasteiger partial charge in [-0.15, -0.1) is 11.8 Å². The van der Waals surface area contributed by atoms with Crippen LogP contribution in [0.4, 0.5) is 0 Å². The normalized spacial score (nSPS) is 16.1. The molecular formula is C30H35NO5S2. The predicted molar refractivity (Wildman–Crippen MR) is 152 cm³/mol. The van der Waals surface area contributed by atoms with E-state index in [9.17, 15) is 13.2 Å². The molecule has 4 rings (SSSR count). The zero-order chi connectivity index (χ0) is 27.3. The molecule has 6 nitrogen and oxygen atoms in total. The maximum atomic E-state index is 13.4. The fourth-order valence-corrected chi connectivity index (χ4v) is 6.18. The molecule has 1 N–H and O–H groups in total. The summed E-state index contributed by atoms with van der Waals surface area (Å²) in [5, 5.41) is 0. The van der Waals surface area contributed by atoms with Crippen LogP contribution in [-0.2, 0) is 24.3 Å². The van der Waals surface area contributed by atoms with Gasteiger partial charge in [-0.1, -0.05) is 36.4 Å². The second-order valence-electron chi connectivity index (χ2n) is 10.3. The topological polar surface area (TPSA) is 81.7 Å². The monoisotopic (exact) mass is 553 g/mol. The number of carbonyl (C=O) groups excluding carboxylic acids is 1. The minimum Gasteiger partial charge on any atom is -0.486 e. The standard InChI is InChI=1S/C30H35NO5S2/c1-30(2,3)36-29(32)20-35-28-14-8-12-25-26(28)11-5-6-13-27(25)31-38(33,34)24-17-15-21(16-18-24)22-9-7-10-23(19-22)37-4/h7-10,12,15-19,31H,5-6,11,13-14,20H2,1-4H3. The number of hydrogen-bond acceptors (Lipinski definition) is 6. The molecule has 8 heteroatoms. The van der Waals surface area contributed by atoms with E-state index in [1.807, 2.05) is 63.4 Å². The first-order valence-corrected chi connectivity index (χ1v) is 15.5. The van der Waals surface area contributed by atoms with Gasteiger partial charge < -0.3 is 9.47 Å². The average molecular weight is 554 g/mol. The molecule has 202 valence electrons. The van der Waals surface area contributed by atoms with E-state index in [2.05, 4.69) is 16.9 Å². The lowest BCUT2D eigenvalue weighted by molar-refractivity contribution is -0.158. The minimum absolute atomic E-state index is 0.176. The summed E-state index contributed by atoms with van der Waals surface area (Å²) in [7, 11) is -3.79. The number of ether oxygens (including phenoxy) is 2. The maximum Gasteiger partial charge on any atom is 0.344 e. The van der Waals surface area contributed by atoms with Gasteiger partial charge in [-0.25, -0.2) is 13.2 Å². The molecule has 0 heterocycles. The summed E-state index contributed by atoms with van der Waals surface area (Å²) < 4.78 is 40.9. The number of allylic oxidation sites excluding steroid dienone is 5. The van der Waals surface area contributed by atoms with E-state index >= 15 is 0 Å². The Morgan fingerprint density at radius 1 is 1.03 bits per heavy atom. The SMILES string of the molecule is CSc1cccc(-c2ccc(S(=O)(=O)NC3=C4C=CCC(OCC(=O)OC(C)(C)C)=C4CCCC3)cc2)c1. The van der Waals surface area contributed by atoms with E-state index in [0.29, 0.717) is 24.3 Å². The third-order valence-electron chi connectivity index (χ3n) is 6.29. The van der Waals surface area contributed by atoms with Crippen molar-refractivity contribution in [2.24, 2.45) is 0 Å².